The van der Waals surface area contributed by atoms with Crippen LogP contribution in [0, 0.1) is 5.41 Å². The predicted octanol–water partition coefficient (Wildman–Crippen LogP) is 3.76. The monoisotopic (exact) mass is 208 g/mol. The zero-order valence-corrected chi connectivity index (χ0v) is 8.76. The first-order valence-corrected chi connectivity index (χ1v) is 5.41. The molecule has 0 aliphatic heterocycles. The highest BCUT2D eigenvalue weighted by atomic mass is 19.3. The molecule has 0 aromatic heterocycles. The first kappa shape index (κ1) is 9.32. The quantitative estimate of drug-likeness (QED) is 0.694. The Balaban J connectivity index is 1.82. The standard InChI is InChI=1S/C13H14F2/c1-11(14,15)13-7-12(8-13,9-13)10-5-3-2-4-6-10/h2-6H,7-9H2,1H3. The molecule has 1 aromatic rings. The Hall–Kier alpha value is -0.920. The predicted molar refractivity (Wildman–Crippen MR) is 55.0 cm³/mol. The van der Waals surface area contributed by atoms with Gasteiger partial charge in [-0.3, -0.25) is 0 Å². The summed E-state index contributed by atoms with van der Waals surface area (Å²) in [5, 5.41) is 0. The topological polar surface area (TPSA) is 0 Å². The molecule has 3 aliphatic carbocycles. The van der Waals surface area contributed by atoms with Gasteiger partial charge in [0.1, 0.15) is 0 Å². The first-order valence-electron chi connectivity index (χ1n) is 5.41. The van der Waals surface area contributed by atoms with Crippen LogP contribution in [0.1, 0.15) is 31.7 Å². The molecule has 0 unspecified atom stereocenters. The molecule has 0 radical (unpaired) electrons. The Kier molecular flexibility index (Phi) is 1.50. The van der Waals surface area contributed by atoms with Crippen LogP contribution >= 0.6 is 0 Å². The van der Waals surface area contributed by atoms with Crippen molar-refractivity contribution in [3.05, 3.63) is 35.9 Å². The lowest BCUT2D eigenvalue weighted by Crippen LogP contribution is -2.70. The van der Waals surface area contributed by atoms with Crippen LogP contribution in [0.3, 0.4) is 0 Å². The summed E-state index contributed by atoms with van der Waals surface area (Å²) in [5.74, 6) is -2.50. The van der Waals surface area contributed by atoms with E-state index in [-0.39, 0.29) is 5.41 Å². The lowest BCUT2D eigenvalue weighted by atomic mass is 9.32. The van der Waals surface area contributed by atoms with Gasteiger partial charge in [0.25, 0.3) is 5.92 Å². The van der Waals surface area contributed by atoms with E-state index in [9.17, 15) is 8.78 Å². The minimum absolute atomic E-state index is 0.0979. The lowest BCUT2D eigenvalue weighted by molar-refractivity contribution is -0.272. The molecule has 3 saturated carbocycles. The molecule has 3 fully saturated rings. The van der Waals surface area contributed by atoms with Crippen LogP contribution in [-0.4, -0.2) is 5.92 Å². The summed E-state index contributed by atoms with van der Waals surface area (Å²) in [6.45, 7) is 1.07. The molecule has 0 heterocycles. The van der Waals surface area contributed by atoms with Gasteiger partial charge >= 0.3 is 0 Å². The Morgan fingerprint density at radius 2 is 1.60 bits per heavy atom. The first-order chi connectivity index (χ1) is 6.98. The fraction of sp³-hybridized carbons (Fsp3) is 0.538. The smallest absolute Gasteiger partial charge is 0.207 e. The van der Waals surface area contributed by atoms with Crippen LogP contribution in [0.2, 0.25) is 0 Å². The van der Waals surface area contributed by atoms with Gasteiger partial charge in [0.2, 0.25) is 0 Å². The minimum atomic E-state index is -2.50. The van der Waals surface area contributed by atoms with Crippen LogP contribution in [0.5, 0.6) is 0 Å². The summed E-state index contributed by atoms with van der Waals surface area (Å²) in [7, 11) is 0. The number of alkyl halides is 2. The summed E-state index contributed by atoms with van der Waals surface area (Å²) in [5.41, 5.74) is 0.680. The van der Waals surface area contributed by atoms with Crippen LogP contribution in [0.15, 0.2) is 30.3 Å². The molecule has 1 aromatic carbocycles. The molecule has 0 spiro atoms. The van der Waals surface area contributed by atoms with Gasteiger partial charge in [0.05, 0.1) is 0 Å². The van der Waals surface area contributed by atoms with E-state index in [2.05, 4.69) is 12.1 Å². The van der Waals surface area contributed by atoms with Crippen molar-refractivity contribution in [1.82, 2.24) is 0 Å². The number of hydrogen-bond acceptors (Lipinski definition) is 0. The molecule has 2 heteroatoms. The van der Waals surface area contributed by atoms with Crippen molar-refractivity contribution in [2.75, 3.05) is 0 Å². The second-order valence-corrected chi connectivity index (χ2v) is 5.35. The highest BCUT2D eigenvalue weighted by molar-refractivity contribution is 5.39. The number of benzene rings is 1. The average molecular weight is 208 g/mol. The maximum Gasteiger partial charge on any atom is 0.251 e. The second kappa shape index (κ2) is 2.42. The van der Waals surface area contributed by atoms with Crippen molar-refractivity contribution >= 4 is 0 Å². The van der Waals surface area contributed by atoms with Crippen LogP contribution < -0.4 is 0 Å². The lowest BCUT2D eigenvalue weighted by Gasteiger charge is -2.72. The average Bonchev–Trinajstić information content (AvgIpc) is 1.98. The van der Waals surface area contributed by atoms with E-state index in [0.29, 0.717) is 19.3 Å². The summed E-state index contributed by atoms with van der Waals surface area (Å²) >= 11 is 0. The molecule has 0 N–H and O–H groups in total. The summed E-state index contributed by atoms with van der Waals surface area (Å²) in [4.78, 5) is 0. The van der Waals surface area contributed by atoms with Crippen LogP contribution in [0.4, 0.5) is 8.78 Å². The van der Waals surface area contributed by atoms with E-state index in [1.807, 2.05) is 18.2 Å². The van der Waals surface area contributed by atoms with Gasteiger partial charge < -0.3 is 0 Å². The van der Waals surface area contributed by atoms with E-state index in [4.69, 9.17) is 0 Å². The van der Waals surface area contributed by atoms with Gasteiger partial charge in [0, 0.05) is 5.41 Å². The van der Waals surface area contributed by atoms with E-state index >= 15 is 0 Å². The van der Waals surface area contributed by atoms with Crippen LogP contribution in [0.25, 0.3) is 0 Å². The van der Waals surface area contributed by atoms with Crippen molar-refractivity contribution in [3.8, 4) is 0 Å². The zero-order valence-electron chi connectivity index (χ0n) is 8.76. The van der Waals surface area contributed by atoms with Gasteiger partial charge in [-0.1, -0.05) is 30.3 Å². The van der Waals surface area contributed by atoms with Crippen molar-refractivity contribution in [3.63, 3.8) is 0 Å². The molecule has 0 atom stereocenters. The largest absolute Gasteiger partial charge is 0.251 e. The van der Waals surface area contributed by atoms with E-state index in [1.165, 1.54) is 5.56 Å². The number of hydrogen-bond donors (Lipinski definition) is 0. The Morgan fingerprint density at radius 1 is 1.07 bits per heavy atom. The fourth-order valence-corrected chi connectivity index (χ4v) is 3.35. The molecule has 0 amide bonds. The molecule has 3 aliphatic rings. The third-order valence-corrected chi connectivity index (χ3v) is 4.35. The molecule has 80 valence electrons. The minimum Gasteiger partial charge on any atom is -0.207 e. The number of halogens is 2. The SMILES string of the molecule is CC(F)(F)C12CC(c3ccccc3)(C1)C2. The summed E-state index contributed by atoms with van der Waals surface area (Å²) in [6.07, 6.45) is 2.02. The van der Waals surface area contributed by atoms with Gasteiger partial charge in [-0.2, -0.15) is 0 Å². The molecule has 2 bridgehead atoms. The van der Waals surface area contributed by atoms with E-state index in [1.54, 1.807) is 0 Å². The van der Waals surface area contributed by atoms with Gasteiger partial charge in [0.15, 0.2) is 0 Å². The maximum atomic E-state index is 13.3. The van der Waals surface area contributed by atoms with Crippen molar-refractivity contribution < 1.29 is 8.78 Å². The van der Waals surface area contributed by atoms with Gasteiger partial charge in [-0.25, -0.2) is 8.78 Å². The molecular formula is C13H14F2. The molecule has 0 saturated heterocycles. The summed E-state index contributed by atoms with van der Waals surface area (Å²) < 4.78 is 26.6. The zero-order chi connectivity index (χ0) is 10.7. The third-order valence-electron chi connectivity index (χ3n) is 4.35. The number of rotatable bonds is 2. The van der Waals surface area contributed by atoms with Gasteiger partial charge in [-0.05, 0) is 37.2 Å². The van der Waals surface area contributed by atoms with Gasteiger partial charge in [-0.15, -0.1) is 0 Å². The van der Waals surface area contributed by atoms with E-state index in [0.717, 1.165) is 6.92 Å². The Morgan fingerprint density at radius 3 is 2.07 bits per heavy atom. The van der Waals surface area contributed by atoms with Crippen molar-refractivity contribution in [2.45, 2.75) is 37.5 Å². The van der Waals surface area contributed by atoms with E-state index < -0.39 is 11.3 Å². The highest BCUT2D eigenvalue weighted by Crippen LogP contribution is 2.78. The van der Waals surface area contributed by atoms with Crippen LogP contribution in [-0.2, 0) is 5.41 Å². The molecule has 4 rings (SSSR count). The highest BCUT2D eigenvalue weighted by Gasteiger charge is 2.75. The van der Waals surface area contributed by atoms with Crippen molar-refractivity contribution in [2.24, 2.45) is 5.41 Å². The maximum absolute atomic E-state index is 13.3. The normalized spacial score (nSPS) is 38.1. The summed E-state index contributed by atoms with van der Waals surface area (Å²) in [6, 6.07) is 10.1. The Labute approximate surface area is 88.3 Å². The van der Waals surface area contributed by atoms with Crippen molar-refractivity contribution in [1.29, 1.82) is 0 Å². The third kappa shape index (κ3) is 1.000. The molecular weight excluding hydrogens is 194 g/mol. The Bertz CT molecular complexity index is 369. The molecule has 0 nitrogen and oxygen atoms in total. The molecule has 15 heavy (non-hydrogen) atoms. The fourth-order valence-electron chi connectivity index (χ4n) is 3.35. The second-order valence-electron chi connectivity index (χ2n) is 5.35.